The number of carbonyl (C=O) groups is 6. The Morgan fingerprint density at radius 2 is 0.829 bits per heavy atom. The van der Waals surface area contributed by atoms with E-state index in [1.807, 2.05) is 20.1 Å². The summed E-state index contributed by atoms with van der Waals surface area (Å²) in [6.45, 7) is 6.67. The Kier molecular flexibility index (Phi) is 26.5. The number of Topliss-reactive ketones (excluding diaryl/α,β-unsaturated/α-hetero) is 3. The van der Waals surface area contributed by atoms with Crippen LogP contribution in [-0.4, -0.2) is 139 Å². The molecule has 3 aliphatic rings. The fourth-order valence-electron chi connectivity index (χ4n) is 6.99. The minimum absolute atomic E-state index is 0. The molecule has 0 amide bonds. The van der Waals surface area contributed by atoms with Gasteiger partial charge in [-0.2, -0.15) is 0 Å². The summed E-state index contributed by atoms with van der Waals surface area (Å²) in [6, 6.07) is 17.4. The van der Waals surface area contributed by atoms with Gasteiger partial charge >= 0.3 is 17.9 Å². The van der Waals surface area contributed by atoms with Gasteiger partial charge in [-0.15, -0.1) is 11.8 Å². The molecule has 3 saturated heterocycles. The van der Waals surface area contributed by atoms with Gasteiger partial charge in [-0.25, -0.2) is 0 Å². The topological polar surface area (TPSA) is 306 Å². The lowest BCUT2D eigenvalue weighted by atomic mass is 9.93. The average Bonchev–Trinajstić information content (AvgIpc) is 4.11. The Labute approximate surface area is 415 Å². The lowest BCUT2D eigenvalue weighted by Crippen LogP contribution is -2.38. The first-order chi connectivity index (χ1) is 31.7. The molecule has 3 atom stereocenters. The minimum atomic E-state index is -1.30. The van der Waals surface area contributed by atoms with Crippen molar-refractivity contribution in [1.82, 2.24) is 0 Å². The van der Waals surface area contributed by atoms with Crippen LogP contribution in [0.1, 0.15) is 103 Å². The fourth-order valence-corrected chi connectivity index (χ4v) is 7.67. The molecule has 0 aliphatic carbocycles. The number of benzene rings is 3. The van der Waals surface area contributed by atoms with Crippen molar-refractivity contribution in [3.63, 3.8) is 0 Å². The zero-order valence-electron chi connectivity index (χ0n) is 38.0. The largest absolute Gasteiger partial charge is 0.480 e. The van der Waals surface area contributed by atoms with Crippen LogP contribution in [0.3, 0.4) is 0 Å². The van der Waals surface area contributed by atoms with Gasteiger partial charge in [0.2, 0.25) is 5.12 Å². The highest BCUT2D eigenvalue weighted by Crippen LogP contribution is 2.35. The van der Waals surface area contributed by atoms with Crippen LogP contribution in [0.15, 0.2) is 72.8 Å². The smallest absolute Gasteiger partial charge is 0.320 e. The monoisotopic (exact) mass is 1000 g/mol. The van der Waals surface area contributed by atoms with Gasteiger partial charge in [-0.1, -0.05) is 109 Å². The summed E-state index contributed by atoms with van der Waals surface area (Å²) >= 11 is 1.37. The highest BCUT2D eigenvalue weighted by molar-refractivity contribution is 7.99. The quantitative estimate of drug-likeness (QED) is 0.0732. The van der Waals surface area contributed by atoms with E-state index in [-0.39, 0.29) is 84.1 Å². The Bertz CT molecular complexity index is 2020. The van der Waals surface area contributed by atoms with Crippen LogP contribution in [0.4, 0.5) is 0 Å². The second-order valence-electron chi connectivity index (χ2n) is 16.2. The molecule has 19 nitrogen and oxygen atoms in total. The van der Waals surface area contributed by atoms with Gasteiger partial charge in [-0.05, 0) is 42.2 Å². The molecule has 3 unspecified atom stereocenters. The Balaban J connectivity index is 0.000000514. The van der Waals surface area contributed by atoms with Crippen LogP contribution in [0.2, 0.25) is 0 Å². The standard InChI is InChI=1S/C17H23NO5.C15H19NO6.C15H19NO5S.3CH4/c1-11(2)17(22-7-8-23-17)10-15(19)13-5-3-12(4-6-13)9-14(18)16(20)21;1-20-15(21-6-7-22-15)9-13(17)11-4-2-10(3-5-11)8-12(16)14(18)19;1-22-15(20-6-7-21-15)9-13(17)11-4-2-10(3-5-11)8-12(16)14(18)19;;;/h3-6,11,14H,7-10,18H2,1-2H3,(H,20,21);2*2-5,12H,6-9,16H2,1H3,(H,18,19);3*1H4. The van der Waals surface area contributed by atoms with Crippen LogP contribution < -0.4 is 17.2 Å². The SMILES string of the molecule is C.C.C.CC(C)C1(CC(=O)c2ccc(CC(N)C(=O)O)cc2)OCCO1.COC1(CC(=O)c2ccc(CC(N)C(=O)O)cc2)OCCO1.CSC1(CC(=O)c2ccc(CC(N)C(=O)O)cc2)OCCO1. The number of ether oxygens (including phenoxy) is 7. The number of carboxylic acids is 3. The molecule has 3 aromatic rings. The highest BCUT2D eigenvalue weighted by Gasteiger charge is 2.42. The first-order valence-corrected chi connectivity index (χ1v) is 22.7. The molecule has 3 aliphatic heterocycles. The fraction of sp³-hybridized carbons (Fsp3) is 0.520. The second-order valence-corrected chi connectivity index (χ2v) is 17.2. The molecule has 3 fully saturated rings. The molecule has 9 N–H and O–H groups in total. The molecule has 70 heavy (non-hydrogen) atoms. The molecule has 0 bridgehead atoms. The van der Waals surface area contributed by atoms with E-state index in [0.717, 1.165) is 16.7 Å². The summed E-state index contributed by atoms with van der Waals surface area (Å²) in [5.74, 6) is -5.54. The minimum Gasteiger partial charge on any atom is -0.480 e. The molecule has 390 valence electrons. The first kappa shape index (κ1) is 63.0. The molecular formula is C50H73N3O16S. The number of hydrogen-bond acceptors (Lipinski definition) is 17. The number of carbonyl (C=O) groups excluding carboxylic acids is 3. The van der Waals surface area contributed by atoms with Gasteiger partial charge in [0.05, 0.1) is 58.9 Å². The summed E-state index contributed by atoms with van der Waals surface area (Å²) < 4.78 is 38.2. The van der Waals surface area contributed by atoms with Crippen molar-refractivity contribution in [1.29, 1.82) is 0 Å². The number of nitrogens with two attached hydrogens (primary N) is 3. The molecule has 3 heterocycles. The first-order valence-electron chi connectivity index (χ1n) is 21.5. The van der Waals surface area contributed by atoms with Crippen molar-refractivity contribution >= 4 is 47.0 Å². The summed E-state index contributed by atoms with van der Waals surface area (Å²) in [4.78, 5) is 69.3. The zero-order valence-corrected chi connectivity index (χ0v) is 38.8. The summed E-state index contributed by atoms with van der Waals surface area (Å²) in [5.41, 5.74) is 20.3. The van der Waals surface area contributed by atoms with Gasteiger partial charge in [-0.3, -0.25) is 28.8 Å². The Hall–Kier alpha value is -4.97. The van der Waals surface area contributed by atoms with Gasteiger partial charge in [0, 0.05) is 29.7 Å². The maximum absolute atomic E-state index is 12.5. The number of hydrogen-bond donors (Lipinski definition) is 6. The molecule has 0 saturated carbocycles. The third-order valence-corrected chi connectivity index (χ3v) is 12.0. The number of carboxylic acid groups (broad SMARTS) is 3. The molecule has 3 aromatic carbocycles. The van der Waals surface area contributed by atoms with Crippen molar-refractivity contribution in [2.75, 3.05) is 53.0 Å². The van der Waals surface area contributed by atoms with Crippen LogP contribution in [0, 0.1) is 5.92 Å². The van der Waals surface area contributed by atoms with Crippen LogP contribution in [-0.2, 0) is 66.8 Å². The van der Waals surface area contributed by atoms with E-state index >= 15 is 0 Å². The number of methoxy groups -OCH3 is 1. The van der Waals surface area contributed by atoms with E-state index in [1.54, 1.807) is 72.8 Å². The summed E-state index contributed by atoms with van der Waals surface area (Å²) in [7, 11) is 1.43. The molecular weight excluding hydrogens is 931 g/mol. The van der Waals surface area contributed by atoms with Crippen LogP contribution in [0.5, 0.6) is 0 Å². The molecule has 0 radical (unpaired) electrons. The maximum Gasteiger partial charge on any atom is 0.320 e. The molecule has 6 rings (SSSR count). The predicted molar refractivity (Wildman–Crippen MR) is 264 cm³/mol. The van der Waals surface area contributed by atoms with Crippen LogP contribution in [0.25, 0.3) is 0 Å². The summed E-state index contributed by atoms with van der Waals surface area (Å²) in [6.07, 6.45) is 2.77. The lowest BCUT2D eigenvalue weighted by Gasteiger charge is -2.30. The second kappa shape index (κ2) is 29.4. The number of rotatable bonds is 21. The van der Waals surface area contributed by atoms with Crippen molar-refractivity contribution in [3.05, 3.63) is 106 Å². The van der Waals surface area contributed by atoms with Gasteiger partial charge in [0.15, 0.2) is 23.1 Å². The predicted octanol–water partition coefficient (Wildman–Crippen LogP) is 5.36. The van der Waals surface area contributed by atoms with Gasteiger partial charge in [0.25, 0.3) is 5.97 Å². The van der Waals surface area contributed by atoms with Crippen molar-refractivity contribution < 1.29 is 77.2 Å². The maximum atomic E-state index is 12.5. The van der Waals surface area contributed by atoms with E-state index in [4.69, 9.17) is 65.7 Å². The van der Waals surface area contributed by atoms with Crippen molar-refractivity contribution in [2.45, 2.75) is 110 Å². The third-order valence-electron chi connectivity index (χ3n) is 11.0. The highest BCUT2D eigenvalue weighted by atomic mass is 32.2. The number of thioether (sulfide) groups is 1. The Morgan fingerprint density at radius 1 is 0.529 bits per heavy atom. The normalized spacial score (nSPS) is 17.3. The Morgan fingerprint density at radius 3 is 1.13 bits per heavy atom. The summed E-state index contributed by atoms with van der Waals surface area (Å²) in [5, 5.41) is 25.5. The van der Waals surface area contributed by atoms with E-state index in [2.05, 4.69) is 0 Å². The number of aliphatic carboxylic acids is 3. The van der Waals surface area contributed by atoms with E-state index < -0.39 is 52.9 Å². The number of ketones is 3. The van der Waals surface area contributed by atoms with Crippen molar-refractivity contribution in [3.8, 4) is 0 Å². The van der Waals surface area contributed by atoms with E-state index in [1.165, 1.54) is 18.9 Å². The molecule has 20 heteroatoms. The van der Waals surface area contributed by atoms with E-state index in [0.29, 0.717) is 56.3 Å². The van der Waals surface area contributed by atoms with Gasteiger partial charge < -0.3 is 65.7 Å². The molecule has 0 spiro atoms. The third kappa shape index (κ3) is 18.3. The van der Waals surface area contributed by atoms with Crippen molar-refractivity contribution in [2.24, 2.45) is 23.1 Å². The van der Waals surface area contributed by atoms with E-state index in [9.17, 15) is 28.8 Å². The zero-order chi connectivity index (χ0) is 49.4. The lowest BCUT2D eigenvalue weighted by molar-refractivity contribution is -0.315. The van der Waals surface area contributed by atoms with Crippen LogP contribution >= 0.6 is 11.8 Å². The molecule has 0 aromatic heterocycles. The average molecular weight is 1000 g/mol. The van der Waals surface area contributed by atoms with Gasteiger partial charge in [0.1, 0.15) is 18.1 Å².